The molecule has 29 heavy (non-hydrogen) atoms. The van der Waals surface area contributed by atoms with Crippen molar-refractivity contribution in [1.82, 2.24) is 0 Å². The zero-order valence-electron chi connectivity index (χ0n) is 18.2. The molecule has 2 rings (SSSR count). The predicted octanol–water partition coefficient (Wildman–Crippen LogP) is 8.33. The Morgan fingerprint density at radius 1 is 0.793 bits per heavy atom. The smallest absolute Gasteiger partial charge is 0.221 e. The lowest BCUT2D eigenvalue weighted by atomic mass is 10.0. The third kappa shape index (κ3) is 9.54. The summed E-state index contributed by atoms with van der Waals surface area (Å²) < 4.78 is 0. The topological polar surface area (TPSA) is 29.1 Å². The molecule has 2 aromatic carbocycles. The van der Waals surface area contributed by atoms with Crippen LogP contribution in [0.2, 0.25) is 0 Å². The van der Waals surface area contributed by atoms with Crippen LogP contribution >= 0.6 is 11.8 Å². The summed E-state index contributed by atoms with van der Waals surface area (Å²) in [5.74, 6) is 1.15. The van der Waals surface area contributed by atoms with Crippen LogP contribution in [0, 0.1) is 0 Å². The number of unbranched alkanes of at least 4 members (excludes halogenated alkanes) is 9. The second-order valence-corrected chi connectivity index (χ2v) is 8.95. The van der Waals surface area contributed by atoms with Crippen molar-refractivity contribution in [1.29, 1.82) is 0 Å². The summed E-state index contributed by atoms with van der Waals surface area (Å²) >= 11 is 1.95. The molecule has 2 nitrogen and oxygen atoms in total. The van der Waals surface area contributed by atoms with Crippen LogP contribution in [0.15, 0.2) is 53.4 Å². The third-order valence-electron chi connectivity index (χ3n) is 5.17. The van der Waals surface area contributed by atoms with Gasteiger partial charge in [-0.3, -0.25) is 4.79 Å². The van der Waals surface area contributed by atoms with E-state index in [1.807, 2.05) is 30.0 Å². The van der Waals surface area contributed by atoms with Crippen molar-refractivity contribution in [3.63, 3.8) is 0 Å². The number of rotatable bonds is 14. The van der Waals surface area contributed by atoms with E-state index < -0.39 is 0 Å². The molecule has 0 bridgehead atoms. The second-order valence-electron chi connectivity index (χ2n) is 7.78. The maximum Gasteiger partial charge on any atom is 0.221 e. The maximum atomic E-state index is 11.4. The van der Waals surface area contributed by atoms with Crippen LogP contribution in [0.3, 0.4) is 0 Å². The van der Waals surface area contributed by atoms with Crippen LogP contribution in [0.1, 0.15) is 78.1 Å². The first-order chi connectivity index (χ1) is 14.2. The summed E-state index contributed by atoms with van der Waals surface area (Å²) in [5, 5.41) is 2.92. The van der Waals surface area contributed by atoms with Gasteiger partial charge in [0.1, 0.15) is 0 Å². The van der Waals surface area contributed by atoms with Crippen LogP contribution in [0.25, 0.3) is 11.1 Å². The Balaban J connectivity index is 1.66. The molecule has 0 unspecified atom stereocenters. The first kappa shape index (κ1) is 23.5. The summed E-state index contributed by atoms with van der Waals surface area (Å²) in [4.78, 5) is 12.7. The number of thioether (sulfide) groups is 1. The van der Waals surface area contributed by atoms with Crippen molar-refractivity contribution >= 4 is 23.4 Å². The Hall–Kier alpha value is -1.74. The van der Waals surface area contributed by atoms with Crippen LogP contribution in [0.5, 0.6) is 0 Å². The molecule has 0 atom stereocenters. The molecule has 0 spiro atoms. The Morgan fingerprint density at radius 2 is 1.38 bits per heavy atom. The fraction of sp³-hybridized carbons (Fsp3) is 0.500. The molecule has 2 aromatic rings. The predicted molar refractivity (Wildman–Crippen MR) is 129 cm³/mol. The fourth-order valence-corrected chi connectivity index (χ4v) is 4.46. The average molecular weight is 412 g/mol. The highest BCUT2D eigenvalue weighted by Gasteiger charge is 2.06. The number of nitrogens with one attached hydrogen (secondary N) is 1. The minimum absolute atomic E-state index is 0.0406. The van der Waals surface area contributed by atoms with Crippen molar-refractivity contribution < 1.29 is 4.79 Å². The van der Waals surface area contributed by atoms with E-state index in [0.29, 0.717) is 0 Å². The van der Waals surface area contributed by atoms with Gasteiger partial charge in [-0.25, -0.2) is 0 Å². The van der Waals surface area contributed by atoms with Gasteiger partial charge in [0.15, 0.2) is 0 Å². The van der Waals surface area contributed by atoms with E-state index in [1.165, 1.54) is 74.9 Å². The van der Waals surface area contributed by atoms with Gasteiger partial charge in [-0.15, -0.1) is 11.8 Å². The molecule has 0 aliphatic heterocycles. The first-order valence-corrected chi connectivity index (χ1v) is 12.3. The zero-order valence-corrected chi connectivity index (χ0v) is 19.0. The minimum atomic E-state index is -0.0406. The summed E-state index contributed by atoms with van der Waals surface area (Å²) in [5.41, 5.74) is 3.07. The third-order valence-corrected chi connectivity index (χ3v) is 6.27. The monoisotopic (exact) mass is 411 g/mol. The fourth-order valence-electron chi connectivity index (χ4n) is 3.54. The summed E-state index contributed by atoms with van der Waals surface area (Å²) in [6, 6.07) is 16.7. The minimum Gasteiger partial charge on any atom is -0.326 e. The highest BCUT2D eigenvalue weighted by atomic mass is 32.2. The lowest BCUT2D eigenvalue weighted by molar-refractivity contribution is -0.114. The highest BCUT2D eigenvalue weighted by Crippen LogP contribution is 2.30. The van der Waals surface area contributed by atoms with Gasteiger partial charge in [-0.2, -0.15) is 0 Å². The van der Waals surface area contributed by atoms with E-state index in [9.17, 15) is 4.79 Å². The molecule has 0 fully saturated rings. The zero-order chi connectivity index (χ0) is 20.7. The van der Waals surface area contributed by atoms with E-state index in [1.54, 1.807) is 6.92 Å². The second kappa shape index (κ2) is 14.3. The normalized spacial score (nSPS) is 10.8. The number of benzene rings is 2. The first-order valence-electron chi connectivity index (χ1n) is 11.3. The number of hydrogen-bond acceptors (Lipinski definition) is 2. The van der Waals surface area contributed by atoms with Crippen molar-refractivity contribution in [2.45, 2.75) is 83.0 Å². The molecule has 0 saturated heterocycles. The van der Waals surface area contributed by atoms with Crippen molar-refractivity contribution in [2.75, 3.05) is 11.1 Å². The van der Waals surface area contributed by atoms with E-state index in [0.717, 1.165) is 16.8 Å². The van der Waals surface area contributed by atoms with Crippen LogP contribution in [0.4, 0.5) is 5.69 Å². The van der Waals surface area contributed by atoms with E-state index in [4.69, 9.17) is 0 Å². The molecule has 0 saturated carbocycles. The molecule has 3 heteroatoms. The van der Waals surface area contributed by atoms with E-state index >= 15 is 0 Å². The van der Waals surface area contributed by atoms with Crippen molar-refractivity contribution in [3.8, 4) is 11.1 Å². The molecule has 0 aliphatic carbocycles. The van der Waals surface area contributed by atoms with Gasteiger partial charge in [0.2, 0.25) is 5.91 Å². The Bertz CT molecular complexity index is 711. The van der Waals surface area contributed by atoms with E-state index in [2.05, 4.69) is 42.6 Å². The van der Waals surface area contributed by atoms with E-state index in [-0.39, 0.29) is 5.91 Å². The van der Waals surface area contributed by atoms with Gasteiger partial charge in [0.25, 0.3) is 0 Å². The molecule has 1 amide bonds. The van der Waals surface area contributed by atoms with Gasteiger partial charge in [0, 0.05) is 23.1 Å². The number of para-hydroxylation sites is 1. The van der Waals surface area contributed by atoms with Gasteiger partial charge in [0.05, 0.1) is 0 Å². The van der Waals surface area contributed by atoms with Crippen molar-refractivity contribution in [3.05, 3.63) is 48.5 Å². The lowest BCUT2D eigenvalue weighted by Gasteiger charge is -2.10. The van der Waals surface area contributed by atoms with Crippen LogP contribution in [-0.4, -0.2) is 11.7 Å². The molecule has 158 valence electrons. The average Bonchev–Trinajstić information content (AvgIpc) is 2.72. The largest absolute Gasteiger partial charge is 0.326 e. The Labute approximate surface area is 181 Å². The summed E-state index contributed by atoms with van der Waals surface area (Å²) in [6.07, 6.45) is 13.9. The molecule has 0 aromatic heterocycles. The number of carbonyl (C=O) groups excluding carboxylic acids is 1. The van der Waals surface area contributed by atoms with Gasteiger partial charge in [-0.1, -0.05) is 95.0 Å². The van der Waals surface area contributed by atoms with Gasteiger partial charge < -0.3 is 5.32 Å². The van der Waals surface area contributed by atoms with Crippen LogP contribution in [-0.2, 0) is 4.79 Å². The van der Waals surface area contributed by atoms with Gasteiger partial charge >= 0.3 is 0 Å². The quantitative estimate of drug-likeness (QED) is 0.250. The SMILES string of the molecule is CCCCCCCCCCCCSc1ccc(-c2ccccc2NC(C)=O)cc1. The van der Waals surface area contributed by atoms with Crippen LogP contribution < -0.4 is 5.32 Å². The number of hydrogen-bond donors (Lipinski definition) is 1. The molecular formula is C26H37NOS. The molecule has 0 radical (unpaired) electrons. The Morgan fingerprint density at radius 3 is 2.00 bits per heavy atom. The van der Waals surface area contributed by atoms with Crippen molar-refractivity contribution in [2.24, 2.45) is 0 Å². The summed E-state index contributed by atoms with van der Waals surface area (Å²) in [6.45, 7) is 3.82. The highest BCUT2D eigenvalue weighted by molar-refractivity contribution is 7.99. The standard InChI is InChI=1S/C26H37NOS/c1-3-4-5-6-7-8-9-10-11-14-21-29-24-19-17-23(18-20-24)25-15-12-13-16-26(25)27-22(2)28/h12-13,15-20H,3-11,14,21H2,1-2H3,(H,27,28). The maximum absolute atomic E-state index is 11.4. The molecule has 0 aliphatic rings. The summed E-state index contributed by atoms with van der Waals surface area (Å²) in [7, 11) is 0. The number of anilines is 1. The lowest BCUT2D eigenvalue weighted by Crippen LogP contribution is -2.06. The molecular weight excluding hydrogens is 374 g/mol. The molecule has 1 N–H and O–H groups in total. The van der Waals surface area contributed by atoms with Gasteiger partial charge in [-0.05, 0) is 35.9 Å². The number of carbonyl (C=O) groups is 1. The number of amides is 1. The Kier molecular flexibility index (Phi) is 11.6. The molecule has 0 heterocycles.